The van der Waals surface area contributed by atoms with Crippen LogP contribution in [0.4, 0.5) is 11.5 Å². The normalized spacial score (nSPS) is 20.5. The summed E-state index contributed by atoms with van der Waals surface area (Å²) in [5.74, 6) is 2.41. The van der Waals surface area contributed by atoms with Gasteiger partial charge in [-0.15, -0.1) is 0 Å². The lowest BCUT2D eigenvalue weighted by atomic mass is 9.88. The average Bonchev–Trinajstić information content (AvgIpc) is 2.99. The number of methoxy groups -OCH3 is 1. The van der Waals surface area contributed by atoms with Crippen LogP contribution in [0.15, 0.2) is 35.5 Å². The molecule has 2 aromatic rings. The number of nitrogens with zero attached hydrogens (tertiary/aromatic N) is 6. The van der Waals surface area contributed by atoms with Crippen molar-refractivity contribution in [1.82, 2.24) is 19.8 Å². The van der Waals surface area contributed by atoms with Crippen LogP contribution in [0, 0.1) is 5.92 Å². The van der Waals surface area contributed by atoms with E-state index in [9.17, 15) is 9.59 Å². The average molecular weight is 587 g/mol. The number of hydrogen-bond acceptors (Lipinski definition) is 8. The van der Waals surface area contributed by atoms with Crippen LogP contribution in [-0.4, -0.2) is 96.3 Å². The molecule has 0 radical (unpaired) electrons. The maximum atomic E-state index is 13.1. The molecule has 11 heteroatoms. The van der Waals surface area contributed by atoms with Crippen molar-refractivity contribution >= 4 is 46.7 Å². The fraction of sp³-hybridized carbons (Fsp3) is 0.586. The van der Waals surface area contributed by atoms with Crippen LogP contribution in [0.25, 0.3) is 0 Å². The molecule has 1 saturated carbocycles. The minimum absolute atomic E-state index is 0.0678. The number of thioether (sulfide) groups is 1. The Morgan fingerprint density at radius 2 is 1.73 bits per heavy atom. The Hall–Kier alpha value is -2.72. The fourth-order valence-electron chi connectivity index (χ4n) is 5.99. The van der Waals surface area contributed by atoms with E-state index in [1.807, 2.05) is 23.1 Å². The van der Waals surface area contributed by atoms with Gasteiger partial charge in [-0.1, -0.05) is 54.8 Å². The first-order chi connectivity index (χ1) is 19.4. The van der Waals surface area contributed by atoms with Crippen LogP contribution in [0.5, 0.6) is 5.75 Å². The van der Waals surface area contributed by atoms with Crippen LogP contribution in [-0.2, 0) is 9.59 Å². The lowest BCUT2D eigenvalue weighted by molar-refractivity contribution is -0.139. The van der Waals surface area contributed by atoms with Gasteiger partial charge >= 0.3 is 0 Å². The number of ether oxygens (including phenoxy) is 1. The van der Waals surface area contributed by atoms with E-state index in [0.717, 1.165) is 56.0 Å². The topological polar surface area (TPSA) is 82.1 Å². The van der Waals surface area contributed by atoms with E-state index >= 15 is 0 Å². The summed E-state index contributed by atoms with van der Waals surface area (Å²) in [5, 5.41) is 0.857. The second kappa shape index (κ2) is 13.3. The van der Waals surface area contributed by atoms with Gasteiger partial charge in [0, 0.05) is 63.8 Å². The van der Waals surface area contributed by atoms with Crippen molar-refractivity contribution in [2.24, 2.45) is 5.92 Å². The van der Waals surface area contributed by atoms with Gasteiger partial charge in [0.15, 0.2) is 5.16 Å². The summed E-state index contributed by atoms with van der Waals surface area (Å²) in [6.45, 7) is 7.00. The predicted octanol–water partition coefficient (Wildman–Crippen LogP) is 4.20. The highest BCUT2D eigenvalue weighted by molar-refractivity contribution is 7.99. The number of carbonyl (C=O) groups is 2. The Balaban J connectivity index is 1.13. The number of hydrogen-bond donors (Lipinski definition) is 0. The number of benzene rings is 1. The van der Waals surface area contributed by atoms with Crippen LogP contribution in [0.1, 0.15) is 39.0 Å². The summed E-state index contributed by atoms with van der Waals surface area (Å²) in [6.07, 6.45) is 5.60. The summed E-state index contributed by atoms with van der Waals surface area (Å²) in [5.41, 5.74) is 1.06. The molecule has 0 bridgehead atoms. The monoisotopic (exact) mass is 586 g/mol. The van der Waals surface area contributed by atoms with Gasteiger partial charge in [0.05, 0.1) is 18.6 Å². The van der Waals surface area contributed by atoms with Crippen molar-refractivity contribution in [3.63, 3.8) is 0 Å². The summed E-state index contributed by atoms with van der Waals surface area (Å²) in [6, 6.07) is 9.85. The summed E-state index contributed by atoms with van der Waals surface area (Å²) in [7, 11) is 1.68. The molecule has 0 unspecified atom stereocenters. The molecule has 1 aromatic heterocycles. The third-order valence-corrected chi connectivity index (χ3v) is 9.26. The van der Waals surface area contributed by atoms with Gasteiger partial charge in [0.2, 0.25) is 11.8 Å². The second-order valence-corrected chi connectivity index (χ2v) is 12.2. The maximum absolute atomic E-state index is 13.1. The van der Waals surface area contributed by atoms with Crippen LogP contribution in [0.3, 0.4) is 0 Å². The molecule has 3 fully saturated rings. The highest BCUT2D eigenvalue weighted by Gasteiger charge is 2.33. The number of aromatic nitrogens is 2. The molecule has 1 atom stereocenters. The van der Waals surface area contributed by atoms with Gasteiger partial charge in [0.25, 0.3) is 0 Å². The molecule has 1 aliphatic carbocycles. The zero-order valence-electron chi connectivity index (χ0n) is 23.4. The lowest BCUT2D eigenvalue weighted by Crippen LogP contribution is -2.55. The molecule has 0 N–H and O–H groups in total. The first kappa shape index (κ1) is 28.8. The fourth-order valence-corrected chi connectivity index (χ4v) is 6.98. The van der Waals surface area contributed by atoms with Crippen molar-refractivity contribution in [3.05, 3.63) is 35.5 Å². The Labute approximate surface area is 246 Å². The van der Waals surface area contributed by atoms with E-state index in [0.29, 0.717) is 48.9 Å². The number of anilines is 2. The second-order valence-electron chi connectivity index (χ2n) is 10.8. The Morgan fingerprint density at radius 1 is 1.00 bits per heavy atom. The molecule has 3 aliphatic rings. The van der Waals surface area contributed by atoms with E-state index in [4.69, 9.17) is 21.3 Å². The van der Waals surface area contributed by atoms with E-state index in [1.165, 1.54) is 18.2 Å². The molecule has 216 valence electrons. The van der Waals surface area contributed by atoms with Gasteiger partial charge in [-0.2, -0.15) is 0 Å². The summed E-state index contributed by atoms with van der Waals surface area (Å²) < 4.78 is 5.50. The van der Waals surface area contributed by atoms with Crippen LogP contribution >= 0.6 is 23.4 Å². The molecular formula is C29H39ClN6O3S. The Morgan fingerprint density at radius 3 is 2.45 bits per heavy atom. The molecule has 1 aromatic carbocycles. The highest BCUT2D eigenvalue weighted by Crippen LogP contribution is 2.30. The number of halogens is 1. The third-order valence-electron chi connectivity index (χ3n) is 8.23. The van der Waals surface area contributed by atoms with Crippen molar-refractivity contribution < 1.29 is 14.3 Å². The number of piperazine rings is 2. The maximum Gasteiger partial charge on any atom is 0.233 e. The Kier molecular flexibility index (Phi) is 9.57. The molecule has 3 heterocycles. The molecule has 40 heavy (non-hydrogen) atoms. The number of rotatable bonds is 7. The zero-order chi connectivity index (χ0) is 28.1. The van der Waals surface area contributed by atoms with Crippen molar-refractivity contribution in [2.75, 3.05) is 68.5 Å². The molecule has 2 aliphatic heterocycles. The van der Waals surface area contributed by atoms with Crippen LogP contribution < -0.4 is 14.5 Å². The molecule has 0 spiro atoms. The molecule has 2 saturated heterocycles. The number of para-hydroxylation sites is 2. The van der Waals surface area contributed by atoms with Crippen LogP contribution in [0.2, 0.25) is 5.15 Å². The van der Waals surface area contributed by atoms with E-state index in [1.54, 1.807) is 13.2 Å². The molecule has 2 amide bonds. The van der Waals surface area contributed by atoms with E-state index < -0.39 is 0 Å². The quantitative estimate of drug-likeness (QED) is 0.271. The van der Waals surface area contributed by atoms with Gasteiger partial charge < -0.3 is 24.3 Å². The summed E-state index contributed by atoms with van der Waals surface area (Å²) >= 11 is 7.70. The van der Waals surface area contributed by atoms with Crippen molar-refractivity contribution in [1.29, 1.82) is 0 Å². The minimum atomic E-state index is 0.0678. The largest absolute Gasteiger partial charge is 0.495 e. The van der Waals surface area contributed by atoms with E-state index in [2.05, 4.69) is 32.7 Å². The highest BCUT2D eigenvalue weighted by atomic mass is 35.5. The van der Waals surface area contributed by atoms with Gasteiger partial charge in [-0.05, 0) is 31.9 Å². The lowest BCUT2D eigenvalue weighted by Gasteiger charge is -2.42. The smallest absolute Gasteiger partial charge is 0.233 e. The first-order valence-electron chi connectivity index (χ1n) is 14.3. The Bertz CT molecular complexity index is 1190. The van der Waals surface area contributed by atoms with Gasteiger partial charge in [-0.3, -0.25) is 9.59 Å². The van der Waals surface area contributed by atoms with Gasteiger partial charge in [0.1, 0.15) is 16.7 Å². The first-order valence-corrected chi connectivity index (χ1v) is 15.7. The summed E-state index contributed by atoms with van der Waals surface area (Å²) in [4.78, 5) is 43.6. The number of carbonyl (C=O) groups excluding carboxylic acids is 2. The number of amides is 2. The standard InChI is InChI=1S/C29H39ClN6O3S/c1-21-19-35(16-17-36(21)28(38)22-8-4-3-5-9-22)26-18-25(30)31-29(32-26)40-20-27(37)34-14-12-33(13-15-34)23-10-6-7-11-24(23)39-2/h6-7,10-11,18,21-22H,3-5,8-9,12-17,19-20H2,1-2H3/t21-/m0/s1. The molecule has 5 rings (SSSR count). The zero-order valence-corrected chi connectivity index (χ0v) is 25.0. The minimum Gasteiger partial charge on any atom is -0.495 e. The molecular weight excluding hydrogens is 548 g/mol. The predicted molar refractivity (Wildman–Crippen MR) is 160 cm³/mol. The molecule has 9 nitrogen and oxygen atoms in total. The third kappa shape index (κ3) is 6.77. The van der Waals surface area contributed by atoms with Gasteiger partial charge in [-0.25, -0.2) is 9.97 Å². The SMILES string of the molecule is COc1ccccc1N1CCN(C(=O)CSc2nc(Cl)cc(N3CCN(C(=O)C4CCCCC4)[C@@H](C)C3)n2)CC1. The van der Waals surface area contributed by atoms with Crippen molar-refractivity contribution in [3.8, 4) is 5.75 Å². The van der Waals surface area contributed by atoms with E-state index in [-0.39, 0.29) is 23.6 Å². The van der Waals surface area contributed by atoms with Crippen molar-refractivity contribution in [2.45, 2.75) is 50.2 Å².